The predicted octanol–water partition coefficient (Wildman–Crippen LogP) is 10.9. The first-order chi connectivity index (χ1) is 19.8. The van der Waals surface area contributed by atoms with E-state index in [0.29, 0.717) is 0 Å². The molecule has 0 bridgehead atoms. The van der Waals surface area contributed by atoms with Crippen LogP contribution in [0.5, 0.6) is 0 Å². The summed E-state index contributed by atoms with van der Waals surface area (Å²) in [6.07, 6.45) is 1.87. The second-order valence-corrected chi connectivity index (χ2v) is 11.1. The van der Waals surface area contributed by atoms with Crippen molar-refractivity contribution in [3.8, 4) is 11.1 Å². The van der Waals surface area contributed by atoms with Gasteiger partial charge in [-0.25, -0.2) is 4.98 Å². The van der Waals surface area contributed by atoms with Gasteiger partial charge < -0.3 is 4.90 Å². The molecule has 0 N–H and O–H groups in total. The summed E-state index contributed by atoms with van der Waals surface area (Å²) in [5, 5.41) is 7.46. The van der Waals surface area contributed by atoms with Crippen LogP contribution in [0.2, 0.25) is 0 Å². The van der Waals surface area contributed by atoms with E-state index in [9.17, 15) is 0 Å². The highest BCUT2D eigenvalue weighted by molar-refractivity contribution is 7.25. The summed E-state index contributed by atoms with van der Waals surface area (Å²) in [7, 11) is 0. The Morgan fingerprint density at radius 3 is 1.93 bits per heavy atom. The molecule has 0 spiro atoms. The fourth-order valence-corrected chi connectivity index (χ4v) is 6.77. The zero-order chi connectivity index (χ0) is 26.5. The van der Waals surface area contributed by atoms with Crippen molar-refractivity contribution < 1.29 is 0 Å². The number of hydrogen-bond acceptors (Lipinski definition) is 3. The largest absolute Gasteiger partial charge is 0.310 e. The minimum absolute atomic E-state index is 1.07. The van der Waals surface area contributed by atoms with E-state index in [1.165, 1.54) is 48.1 Å². The first kappa shape index (κ1) is 22.9. The van der Waals surface area contributed by atoms with Crippen molar-refractivity contribution >= 4 is 70.2 Å². The predicted molar refractivity (Wildman–Crippen MR) is 172 cm³/mol. The molecule has 2 aromatic heterocycles. The summed E-state index contributed by atoms with van der Waals surface area (Å²) in [5.41, 5.74) is 5.81. The van der Waals surface area contributed by atoms with Gasteiger partial charge in [0.05, 0.1) is 0 Å². The molecule has 3 heteroatoms. The van der Waals surface area contributed by atoms with E-state index in [1.807, 2.05) is 12.3 Å². The van der Waals surface area contributed by atoms with E-state index < -0.39 is 0 Å². The Hall–Kier alpha value is -4.99. The lowest BCUT2D eigenvalue weighted by molar-refractivity contribution is 1.30. The normalized spacial score (nSPS) is 11.5. The Morgan fingerprint density at radius 1 is 0.450 bits per heavy atom. The zero-order valence-corrected chi connectivity index (χ0v) is 22.5. The van der Waals surface area contributed by atoms with Crippen molar-refractivity contribution in [3.05, 3.63) is 146 Å². The van der Waals surface area contributed by atoms with Crippen LogP contribution in [0.4, 0.5) is 17.1 Å². The van der Waals surface area contributed by atoms with Crippen LogP contribution in [0.3, 0.4) is 0 Å². The maximum absolute atomic E-state index is 4.62. The molecule has 0 fully saturated rings. The molecule has 2 heterocycles. The Balaban J connectivity index is 1.34. The van der Waals surface area contributed by atoms with Gasteiger partial charge in [0.25, 0.3) is 0 Å². The van der Waals surface area contributed by atoms with Gasteiger partial charge in [0, 0.05) is 38.7 Å². The minimum Gasteiger partial charge on any atom is -0.310 e. The van der Waals surface area contributed by atoms with Gasteiger partial charge in [0.15, 0.2) is 0 Å². The first-order valence-corrected chi connectivity index (χ1v) is 14.3. The van der Waals surface area contributed by atoms with E-state index in [4.69, 9.17) is 0 Å². The van der Waals surface area contributed by atoms with Crippen LogP contribution >= 0.6 is 11.3 Å². The van der Waals surface area contributed by atoms with Crippen LogP contribution in [0.25, 0.3) is 53.0 Å². The molecule has 188 valence electrons. The van der Waals surface area contributed by atoms with E-state index in [1.54, 1.807) is 11.3 Å². The standard InChI is InChI=1S/C37H24N2S/c1-2-7-25(8-3-1)26-14-17-29(18-15-26)39(31-20-21-36-35(24-31)33-11-6-22-38-37(33)40-36)30-19-16-28-13-12-27-9-4-5-10-32(27)34(28)23-30/h1-24H. The molecule has 8 aromatic rings. The molecule has 0 aliphatic heterocycles. The van der Waals surface area contributed by atoms with Gasteiger partial charge in [-0.2, -0.15) is 0 Å². The second kappa shape index (κ2) is 9.33. The molecule has 0 unspecified atom stereocenters. The molecule has 6 aromatic carbocycles. The molecule has 0 saturated carbocycles. The smallest absolute Gasteiger partial charge is 0.124 e. The Bertz CT molecular complexity index is 2160. The molecular weight excluding hydrogens is 504 g/mol. The molecule has 0 saturated heterocycles. The van der Waals surface area contributed by atoms with Gasteiger partial charge >= 0.3 is 0 Å². The lowest BCUT2D eigenvalue weighted by atomic mass is 10.0. The number of pyridine rings is 1. The minimum atomic E-state index is 1.07. The second-order valence-electron chi connectivity index (χ2n) is 10.1. The third kappa shape index (κ3) is 3.83. The zero-order valence-electron chi connectivity index (χ0n) is 21.7. The monoisotopic (exact) mass is 528 g/mol. The van der Waals surface area contributed by atoms with E-state index >= 15 is 0 Å². The maximum Gasteiger partial charge on any atom is 0.124 e. The molecule has 2 nitrogen and oxygen atoms in total. The number of benzene rings is 6. The molecule has 40 heavy (non-hydrogen) atoms. The highest BCUT2D eigenvalue weighted by atomic mass is 32.1. The van der Waals surface area contributed by atoms with Crippen molar-refractivity contribution in [2.75, 3.05) is 4.90 Å². The number of rotatable bonds is 4. The summed E-state index contributed by atoms with van der Waals surface area (Å²) in [5.74, 6) is 0. The van der Waals surface area contributed by atoms with E-state index in [-0.39, 0.29) is 0 Å². The molecule has 0 amide bonds. The van der Waals surface area contributed by atoms with Crippen molar-refractivity contribution in [1.82, 2.24) is 4.98 Å². The van der Waals surface area contributed by atoms with Gasteiger partial charge in [-0.05, 0) is 87.3 Å². The van der Waals surface area contributed by atoms with E-state index in [2.05, 4.69) is 143 Å². The highest BCUT2D eigenvalue weighted by Crippen LogP contribution is 2.41. The number of thiophene rings is 1. The lowest BCUT2D eigenvalue weighted by Gasteiger charge is -2.26. The maximum atomic E-state index is 4.62. The third-order valence-corrected chi connectivity index (χ3v) is 8.80. The van der Waals surface area contributed by atoms with Crippen LogP contribution in [0.15, 0.2) is 146 Å². The number of fused-ring (bicyclic) bond motifs is 6. The fourth-order valence-electron chi connectivity index (χ4n) is 5.75. The van der Waals surface area contributed by atoms with Crippen molar-refractivity contribution in [3.63, 3.8) is 0 Å². The number of nitrogens with zero attached hydrogens (tertiary/aromatic N) is 2. The van der Waals surface area contributed by atoms with Crippen LogP contribution in [-0.2, 0) is 0 Å². The third-order valence-electron chi connectivity index (χ3n) is 7.71. The Morgan fingerprint density at radius 2 is 1.07 bits per heavy atom. The summed E-state index contributed by atoms with van der Waals surface area (Å²) in [6, 6.07) is 50.3. The van der Waals surface area contributed by atoms with Crippen LogP contribution in [0, 0.1) is 0 Å². The van der Waals surface area contributed by atoms with Crippen molar-refractivity contribution in [2.24, 2.45) is 0 Å². The summed E-state index contributed by atoms with van der Waals surface area (Å²) in [6.45, 7) is 0. The molecule has 0 aliphatic rings. The SMILES string of the molecule is c1ccc(-c2ccc(N(c3ccc4ccc5ccccc5c4c3)c3ccc4sc5ncccc5c4c3)cc2)cc1. The van der Waals surface area contributed by atoms with Gasteiger partial charge in [-0.15, -0.1) is 11.3 Å². The van der Waals surface area contributed by atoms with Gasteiger partial charge in [-0.3, -0.25) is 0 Å². The van der Waals surface area contributed by atoms with Crippen molar-refractivity contribution in [2.45, 2.75) is 0 Å². The average Bonchev–Trinajstić information content (AvgIpc) is 3.40. The molecule has 0 radical (unpaired) electrons. The van der Waals surface area contributed by atoms with Gasteiger partial charge in [-0.1, -0.05) is 84.9 Å². The van der Waals surface area contributed by atoms with Crippen molar-refractivity contribution in [1.29, 1.82) is 0 Å². The van der Waals surface area contributed by atoms with Gasteiger partial charge in [0.2, 0.25) is 0 Å². The fraction of sp³-hybridized carbons (Fsp3) is 0. The Kier molecular flexibility index (Phi) is 5.35. The molecule has 0 atom stereocenters. The molecule has 8 rings (SSSR count). The number of aromatic nitrogens is 1. The highest BCUT2D eigenvalue weighted by Gasteiger charge is 2.16. The first-order valence-electron chi connectivity index (χ1n) is 13.5. The van der Waals surface area contributed by atoms with Gasteiger partial charge in [0.1, 0.15) is 4.83 Å². The number of hydrogen-bond donors (Lipinski definition) is 0. The van der Waals surface area contributed by atoms with Crippen LogP contribution in [0.1, 0.15) is 0 Å². The molecule has 0 aliphatic carbocycles. The Labute approximate surface area is 236 Å². The number of anilines is 3. The average molecular weight is 529 g/mol. The topological polar surface area (TPSA) is 16.1 Å². The molecular formula is C37H24N2S. The van der Waals surface area contributed by atoms with E-state index in [0.717, 1.165) is 21.9 Å². The lowest BCUT2D eigenvalue weighted by Crippen LogP contribution is -2.09. The summed E-state index contributed by atoms with van der Waals surface area (Å²) in [4.78, 5) is 8.06. The van der Waals surface area contributed by atoms with Crippen LogP contribution < -0.4 is 4.90 Å². The van der Waals surface area contributed by atoms with Crippen LogP contribution in [-0.4, -0.2) is 4.98 Å². The summed E-state index contributed by atoms with van der Waals surface area (Å²) >= 11 is 1.75. The summed E-state index contributed by atoms with van der Waals surface area (Å²) < 4.78 is 1.25. The quantitative estimate of drug-likeness (QED) is 0.211.